The van der Waals surface area contributed by atoms with Gasteiger partial charge in [0.2, 0.25) is 0 Å². The number of likely N-dealkylation sites (tertiary alicyclic amines) is 1. The van der Waals surface area contributed by atoms with Crippen LogP contribution < -0.4 is 0 Å². The summed E-state index contributed by atoms with van der Waals surface area (Å²) in [7, 11) is 1.81. The Labute approximate surface area is 107 Å². The molecule has 0 amide bonds. The molecule has 1 aliphatic rings. The molecular weight excluding hydrogens is 230 g/mol. The SMILES string of the molecule is CC1CCCC(C)N1Cc1c(C(=O)O)cnn1C. The Morgan fingerprint density at radius 2 is 2.06 bits per heavy atom. The van der Waals surface area contributed by atoms with Gasteiger partial charge in [0.25, 0.3) is 0 Å². The lowest BCUT2D eigenvalue weighted by atomic mass is 9.97. The van der Waals surface area contributed by atoms with Gasteiger partial charge in [0.05, 0.1) is 11.9 Å². The zero-order valence-electron chi connectivity index (χ0n) is 11.3. The first kappa shape index (κ1) is 13.1. The van der Waals surface area contributed by atoms with Crippen LogP contribution in [0, 0.1) is 0 Å². The number of carboxylic acid groups (broad SMARTS) is 1. The van der Waals surface area contributed by atoms with Crippen molar-refractivity contribution in [1.29, 1.82) is 0 Å². The maximum atomic E-state index is 11.2. The highest BCUT2D eigenvalue weighted by Gasteiger charge is 2.27. The number of hydrogen-bond acceptors (Lipinski definition) is 3. The number of aryl methyl sites for hydroxylation is 1. The Bertz CT molecular complexity index is 431. The van der Waals surface area contributed by atoms with Gasteiger partial charge >= 0.3 is 5.97 Å². The van der Waals surface area contributed by atoms with Crippen molar-refractivity contribution in [2.75, 3.05) is 0 Å². The Morgan fingerprint density at radius 1 is 1.44 bits per heavy atom. The van der Waals surface area contributed by atoms with Gasteiger partial charge in [-0.05, 0) is 26.7 Å². The third kappa shape index (κ3) is 2.41. The number of carboxylic acids is 1. The average Bonchev–Trinajstić information content (AvgIpc) is 2.66. The highest BCUT2D eigenvalue weighted by atomic mass is 16.4. The zero-order valence-corrected chi connectivity index (χ0v) is 11.3. The molecule has 0 radical (unpaired) electrons. The highest BCUT2D eigenvalue weighted by Crippen LogP contribution is 2.25. The van der Waals surface area contributed by atoms with Crippen molar-refractivity contribution in [2.45, 2.75) is 51.7 Å². The first-order valence-electron chi connectivity index (χ1n) is 6.50. The third-order valence-electron chi connectivity index (χ3n) is 4.00. The summed E-state index contributed by atoms with van der Waals surface area (Å²) in [4.78, 5) is 13.5. The molecular formula is C13H21N3O2. The lowest BCUT2D eigenvalue weighted by Gasteiger charge is -2.39. The van der Waals surface area contributed by atoms with Crippen LogP contribution in [-0.4, -0.2) is 37.8 Å². The molecule has 1 aliphatic heterocycles. The molecule has 2 heterocycles. The molecule has 5 nitrogen and oxygen atoms in total. The fraction of sp³-hybridized carbons (Fsp3) is 0.692. The molecule has 0 saturated carbocycles. The van der Waals surface area contributed by atoms with E-state index in [1.54, 1.807) is 11.7 Å². The summed E-state index contributed by atoms with van der Waals surface area (Å²) in [5, 5.41) is 13.2. The minimum absolute atomic E-state index is 0.322. The number of nitrogens with zero attached hydrogens (tertiary/aromatic N) is 3. The van der Waals surface area contributed by atoms with Crippen molar-refractivity contribution in [1.82, 2.24) is 14.7 Å². The van der Waals surface area contributed by atoms with Gasteiger partial charge in [-0.3, -0.25) is 9.58 Å². The lowest BCUT2D eigenvalue weighted by Crippen LogP contribution is -2.43. The van der Waals surface area contributed by atoms with Gasteiger partial charge in [0.1, 0.15) is 5.56 Å². The molecule has 100 valence electrons. The van der Waals surface area contributed by atoms with Crippen molar-refractivity contribution in [3.63, 3.8) is 0 Å². The number of piperidine rings is 1. The highest BCUT2D eigenvalue weighted by molar-refractivity contribution is 5.88. The van der Waals surface area contributed by atoms with Gasteiger partial charge in [0, 0.05) is 25.7 Å². The van der Waals surface area contributed by atoms with Crippen molar-refractivity contribution >= 4 is 5.97 Å². The van der Waals surface area contributed by atoms with Crippen LogP contribution in [0.4, 0.5) is 0 Å². The number of aromatic nitrogens is 2. The van der Waals surface area contributed by atoms with E-state index in [4.69, 9.17) is 5.11 Å². The monoisotopic (exact) mass is 251 g/mol. The maximum absolute atomic E-state index is 11.2. The Morgan fingerprint density at radius 3 is 2.61 bits per heavy atom. The molecule has 1 aromatic heterocycles. The first-order chi connectivity index (χ1) is 8.50. The van der Waals surface area contributed by atoms with E-state index in [2.05, 4.69) is 23.8 Å². The lowest BCUT2D eigenvalue weighted by molar-refractivity contribution is 0.0683. The van der Waals surface area contributed by atoms with Crippen molar-refractivity contribution in [3.05, 3.63) is 17.5 Å². The number of hydrogen-bond donors (Lipinski definition) is 1. The molecule has 0 spiro atoms. The van der Waals surface area contributed by atoms with Gasteiger partial charge in [0.15, 0.2) is 0 Å². The van der Waals surface area contributed by atoms with Crippen molar-refractivity contribution in [3.8, 4) is 0 Å². The molecule has 2 atom stereocenters. The Balaban J connectivity index is 2.22. The Hall–Kier alpha value is -1.36. The number of rotatable bonds is 3. The first-order valence-corrected chi connectivity index (χ1v) is 6.50. The predicted molar refractivity (Wildman–Crippen MR) is 68.5 cm³/mol. The van der Waals surface area contributed by atoms with E-state index in [0.717, 1.165) is 5.69 Å². The van der Waals surface area contributed by atoms with E-state index >= 15 is 0 Å². The summed E-state index contributed by atoms with van der Waals surface area (Å²) < 4.78 is 1.68. The minimum Gasteiger partial charge on any atom is -0.478 e. The normalized spacial score (nSPS) is 25.3. The summed E-state index contributed by atoms with van der Waals surface area (Å²) in [5.41, 5.74) is 1.12. The van der Waals surface area contributed by atoms with Crippen LogP contribution in [0.15, 0.2) is 6.20 Å². The molecule has 1 fully saturated rings. The van der Waals surface area contributed by atoms with Crippen LogP contribution >= 0.6 is 0 Å². The van der Waals surface area contributed by atoms with Gasteiger partial charge < -0.3 is 5.11 Å². The van der Waals surface area contributed by atoms with E-state index in [1.807, 2.05) is 0 Å². The minimum atomic E-state index is -0.893. The van der Waals surface area contributed by atoms with Gasteiger partial charge in [-0.1, -0.05) is 6.42 Å². The zero-order chi connectivity index (χ0) is 13.3. The van der Waals surface area contributed by atoms with Gasteiger partial charge in [-0.2, -0.15) is 5.10 Å². The largest absolute Gasteiger partial charge is 0.478 e. The van der Waals surface area contributed by atoms with E-state index < -0.39 is 5.97 Å². The van der Waals surface area contributed by atoms with Crippen LogP contribution in [0.2, 0.25) is 0 Å². The summed E-state index contributed by atoms with van der Waals surface area (Å²) in [6.45, 7) is 5.10. The maximum Gasteiger partial charge on any atom is 0.339 e. The van der Waals surface area contributed by atoms with Crippen LogP contribution in [0.25, 0.3) is 0 Å². The summed E-state index contributed by atoms with van der Waals surface area (Å²) >= 11 is 0. The molecule has 1 saturated heterocycles. The smallest absolute Gasteiger partial charge is 0.339 e. The fourth-order valence-electron chi connectivity index (χ4n) is 2.79. The van der Waals surface area contributed by atoms with Crippen molar-refractivity contribution in [2.24, 2.45) is 7.05 Å². The molecule has 2 unspecified atom stereocenters. The molecule has 0 bridgehead atoms. The fourth-order valence-corrected chi connectivity index (χ4v) is 2.79. The molecule has 1 N–H and O–H groups in total. The third-order valence-corrected chi connectivity index (χ3v) is 4.00. The molecule has 1 aromatic rings. The number of aromatic carboxylic acids is 1. The van der Waals surface area contributed by atoms with Crippen LogP contribution in [0.5, 0.6) is 0 Å². The van der Waals surface area contributed by atoms with Crippen molar-refractivity contribution < 1.29 is 9.90 Å². The molecule has 0 aliphatic carbocycles. The van der Waals surface area contributed by atoms with Gasteiger partial charge in [-0.25, -0.2) is 4.79 Å². The second-order valence-corrected chi connectivity index (χ2v) is 5.23. The summed E-state index contributed by atoms with van der Waals surface area (Å²) in [5.74, 6) is -0.893. The molecule has 5 heteroatoms. The van der Waals surface area contributed by atoms with E-state index in [1.165, 1.54) is 25.5 Å². The predicted octanol–water partition coefficient (Wildman–Crippen LogP) is 1.88. The second-order valence-electron chi connectivity index (χ2n) is 5.23. The Kier molecular flexibility index (Phi) is 3.71. The standard InChI is InChI=1S/C13H21N3O2/c1-9-5-4-6-10(2)16(9)8-12-11(13(17)18)7-14-15(12)3/h7,9-10H,4-6,8H2,1-3H3,(H,17,18). The summed E-state index contributed by atoms with van der Waals surface area (Å²) in [6.07, 6.45) is 5.07. The van der Waals surface area contributed by atoms with E-state index in [9.17, 15) is 4.79 Å². The van der Waals surface area contributed by atoms with Crippen LogP contribution in [-0.2, 0) is 13.6 Å². The van der Waals surface area contributed by atoms with Crippen LogP contribution in [0.3, 0.4) is 0 Å². The topological polar surface area (TPSA) is 58.4 Å². The van der Waals surface area contributed by atoms with E-state index in [-0.39, 0.29) is 0 Å². The summed E-state index contributed by atoms with van der Waals surface area (Å²) in [6, 6.07) is 1.01. The quantitative estimate of drug-likeness (QED) is 0.891. The molecule has 0 aromatic carbocycles. The average molecular weight is 251 g/mol. The molecule has 18 heavy (non-hydrogen) atoms. The number of carbonyl (C=O) groups is 1. The second kappa shape index (κ2) is 5.10. The van der Waals surface area contributed by atoms with Crippen LogP contribution in [0.1, 0.15) is 49.2 Å². The van der Waals surface area contributed by atoms with Gasteiger partial charge in [-0.15, -0.1) is 0 Å². The van der Waals surface area contributed by atoms with E-state index in [0.29, 0.717) is 24.2 Å². The molecule has 2 rings (SSSR count).